The number of unbranched alkanes of at least 4 members (excludes halogenated alkanes) is 39. The van der Waals surface area contributed by atoms with Gasteiger partial charge in [0.25, 0.3) is 0 Å². The van der Waals surface area contributed by atoms with Crippen molar-refractivity contribution < 1.29 is 80.2 Å². The summed E-state index contributed by atoms with van der Waals surface area (Å²) < 4.78 is 67.9. The maximum absolute atomic E-state index is 13.0. The first-order valence-corrected chi connectivity index (χ1v) is 38.1. The monoisotopic (exact) mass is 1270 g/mol. The Bertz CT molecular complexity index is 1670. The van der Waals surface area contributed by atoms with Crippen LogP contribution in [0, 0.1) is 5.92 Å². The largest absolute Gasteiger partial charge is 0.472 e. The summed E-state index contributed by atoms with van der Waals surface area (Å²) in [5, 5.41) is 10.5. The van der Waals surface area contributed by atoms with Gasteiger partial charge in [0, 0.05) is 25.7 Å². The Kier molecular flexibility index (Phi) is 59.2. The number of hydrogen-bond donors (Lipinski definition) is 3. The van der Waals surface area contributed by atoms with E-state index in [4.69, 9.17) is 37.0 Å². The number of carbonyl (C=O) groups is 4. The van der Waals surface area contributed by atoms with Crippen molar-refractivity contribution in [3.63, 3.8) is 0 Å². The normalized spacial score (nSPS) is 14.2. The van der Waals surface area contributed by atoms with Crippen LogP contribution in [0.1, 0.15) is 343 Å². The molecular weight excluding hydrogens is 1140 g/mol. The molecule has 0 heterocycles. The minimum atomic E-state index is -4.95. The quantitative estimate of drug-likeness (QED) is 0.0222. The standard InChI is InChI=1S/C67H130O17P2/c1-6-9-12-15-17-19-27-32-36-41-46-51-65(70)78-57-63(84-67(72)53-48-43-38-34-30-26-24-22-21-23-25-29-31-35-40-44-49-60(4)5)59-82-86(75,76)80-55-61(68)54-79-85(73,74)81-58-62(56-77-64(69)50-45-39-14-11-8-3)83-66(71)52-47-42-37-33-28-20-18-16-13-10-7-2/h60-63,68H,6-59H2,1-5H3,(H,73,74)(H,75,76)/t61-,62+,63+/m0/s1. The van der Waals surface area contributed by atoms with Gasteiger partial charge < -0.3 is 33.8 Å². The van der Waals surface area contributed by atoms with Gasteiger partial charge in [0.1, 0.15) is 19.3 Å². The zero-order valence-corrected chi connectivity index (χ0v) is 57.2. The summed E-state index contributed by atoms with van der Waals surface area (Å²) >= 11 is 0. The third-order valence-corrected chi connectivity index (χ3v) is 17.4. The van der Waals surface area contributed by atoms with Gasteiger partial charge in [0.05, 0.1) is 26.4 Å². The SMILES string of the molecule is CCCCCCCCCCCCCC(=O)OC[C@H](COP(=O)(O)OC[C@@H](O)COP(=O)(O)OC[C@@H](COC(=O)CCCCCCC)OC(=O)CCCCCCCCCCCCC)OC(=O)CCCCCCCCCCCCCCCCCCC(C)C. The summed E-state index contributed by atoms with van der Waals surface area (Å²) in [7, 11) is -9.88. The van der Waals surface area contributed by atoms with Crippen LogP contribution in [0.2, 0.25) is 0 Å². The van der Waals surface area contributed by atoms with Gasteiger partial charge in [-0.3, -0.25) is 37.3 Å². The maximum Gasteiger partial charge on any atom is 0.472 e. The van der Waals surface area contributed by atoms with Crippen LogP contribution in [-0.2, 0) is 65.4 Å². The van der Waals surface area contributed by atoms with E-state index in [1.165, 1.54) is 161 Å². The Morgan fingerprint density at radius 1 is 0.314 bits per heavy atom. The lowest BCUT2D eigenvalue weighted by molar-refractivity contribution is -0.161. The van der Waals surface area contributed by atoms with Gasteiger partial charge in [-0.15, -0.1) is 0 Å². The zero-order chi connectivity index (χ0) is 63.5. The smallest absolute Gasteiger partial charge is 0.462 e. The van der Waals surface area contributed by atoms with Crippen molar-refractivity contribution in [3.05, 3.63) is 0 Å². The molecule has 0 radical (unpaired) electrons. The van der Waals surface area contributed by atoms with E-state index in [-0.39, 0.29) is 25.7 Å². The van der Waals surface area contributed by atoms with Gasteiger partial charge in [-0.05, 0) is 31.6 Å². The second-order valence-electron chi connectivity index (χ2n) is 24.7. The number of esters is 4. The Hall–Kier alpha value is -1.94. The number of rotatable bonds is 67. The molecule has 510 valence electrons. The van der Waals surface area contributed by atoms with Crippen LogP contribution in [0.5, 0.6) is 0 Å². The van der Waals surface area contributed by atoms with Crippen LogP contribution >= 0.6 is 15.6 Å². The molecule has 0 rings (SSSR count). The molecule has 0 amide bonds. The van der Waals surface area contributed by atoms with Crippen molar-refractivity contribution in [1.82, 2.24) is 0 Å². The fourth-order valence-electron chi connectivity index (χ4n) is 10.1. The van der Waals surface area contributed by atoms with E-state index < -0.39 is 97.5 Å². The molecule has 19 heteroatoms. The minimum Gasteiger partial charge on any atom is -0.462 e. The summed E-state index contributed by atoms with van der Waals surface area (Å²) in [5.74, 6) is -1.33. The fourth-order valence-corrected chi connectivity index (χ4v) is 11.7. The highest BCUT2D eigenvalue weighted by Crippen LogP contribution is 2.45. The van der Waals surface area contributed by atoms with E-state index >= 15 is 0 Å². The highest BCUT2D eigenvalue weighted by atomic mass is 31.2. The van der Waals surface area contributed by atoms with Gasteiger partial charge in [-0.2, -0.15) is 0 Å². The van der Waals surface area contributed by atoms with Crippen LogP contribution in [0.15, 0.2) is 0 Å². The topological polar surface area (TPSA) is 237 Å². The average Bonchev–Trinajstić information content (AvgIpc) is 3.65. The highest BCUT2D eigenvalue weighted by molar-refractivity contribution is 7.47. The van der Waals surface area contributed by atoms with Crippen molar-refractivity contribution in [2.24, 2.45) is 5.92 Å². The molecule has 2 unspecified atom stereocenters. The number of phosphoric ester groups is 2. The highest BCUT2D eigenvalue weighted by Gasteiger charge is 2.30. The average molecular weight is 1270 g/mol. The molecular formula is C67H130O17P2. The Morgan fingerprint density at radius 2 is 0.535 bits per heavy atom. The summed E-state index contributed by atoms with van der Waals surface area (Å²) in [6.45, 7) is 7.16. The molecule has 0 saturated carbocycles. The summed E-state index contributed by atoms with van der Waals surface area (Å²) in [4.78, 5) is 72.1. The summed E-state index contributed by atoms with van der Waals surface area (Å²) in [5.41, 5.74) is 0. The van der Waals surface area contributed by atoms with Gasteiger partial charge in [-0.25, -0.2) is 9.13 Å². The number of hydrogen-bond acceptors (Lipinski definition) is 15. The molecule has 3 N–H and O–H groups in total. The molecule has 5 atom stereocenters. The number of ether oxygens (including phenoxy) is 4. The molecule has 0 spiro atoms. The van der Waals surface area contributed by atoms with Gasteiger partial charge in [0.2, 0.25) is 0 Å². The van der Waals surface area contributed by atoms with Gasteiger partial charge in [0.15, 0.2) is 12.2 Å². The molecule has 0 bridgehead atoms. The van der Waals surface area contributed by atoms with E-state index in [1.54, 1.807) is 0 Å². The van der Waals surface area contributed by atoms with E-state index in [2.05, 4.69) is 34.6 Å². The summed E-state index contributed by atoms with van der Waals surface area (Å²) in [6.07, 6.45) is 46.1. The number of aliphatic hydroxyl groups excluding tert-OH is 1. The van der Waals surface area contributed by atoms with Crippen LogP contribution in [0.3, 0.4) is 0 Å². The molecule has 0 fully saturated rings. The van der Waals surface area contributed by atoms with E-state index in [0.717, 1.165) is 102 Å². The van der Waals surface area contributed by atoms with Crippen LogP contribution in [0.4, 0.5) is 0 Å². The Morgan fingerprint density at radius 3 is 0.791 bits per heavy atom. The first-order valence-electron chi connectivity index (χ1n) is 35.1. The zero-order valence-electron chi connectivity index (χ0n) is 55.4. The van der Waals surface area contributed by atoms with Crippen molar-refractivity contribution in [2.75, 3.05) is 39.6 Å². The Balaban J connectivity index is 5.12. The fraction of sp³-hybridized carbons (Fsp3) is 0.940. The molecule has 0 aliphatic heterocycles. The third kappa shape index (κ3) is 60.9. The second kappa shape index (κ2) is 60.6. The first kappa shape index (κ1) is 84.1. The summed E-state index contributed by atoms with van der Waals surface area (Å²) in [6, 6.07) is 0. The second-order valence-corrected chi connectivity index (χ2v) is 27.6. The van der Waals surface area contributed by atoms with Crippen LogP contribution < -0.4 is 0 Å². The van der Waals surface area contributed by atoms with E-state index in [9.17, 15) is 43.2 Å². The molecule has 0 aromatic carbocycles. The molecule has 17 nitrogen and oxygen atoms in total. The third-order valence-electron chi connectivity index (χ3n) is 15.5. The van der Waals surface area contributed by atoms with Crippen molar-refractivity contribution >= 4 is 39.5 Å². The molecule has 0 aromatic rings. The molecule has 86 heavy (non-hydrogen) atoms. The van der Waals surface area contributed by atoms with Crippen LogP contribution in [-0.4, -0.2) is 96.7 Å². The molecule has 0 aromatic heterocycles. The number of phosphoric acid groups is 2. The van der Waals surface area contributed by atoms with Gasteiger partial charge in [-0.1, -0.05) is 291 Å². The Labute approximate surface area is 524 Å². The van der Waals surface area contributed by atoms with Crippen molar-refractivity contribution in [3.8, 4) is 0 Å². The lowest BCUT2D eigenvalue weighted by Gasteiger charge is -2.21. The first-order chi connectivity index (χ1) is 41.5. The lowest BCUT2D eigenvalue weighted by Crippen LogP contribution is -2.30. The van der Waals surface area contributed by atoms with E-state index in [0.29, 0.717) is 25.7 Å². The van der Waals surface area contributed by atoms with Crippen molar-refractivity contribution in [2.45, 2.75) is 361 Å². The lowest BCUT2D eigenvalue weighted by atomic mass is 10.0. The van der Waals surface area contributed by atoms with Crippen molar-refractivity contribution in [1.29, 1.82) is 0 Å². The minimum absolute atomic E-state index is 0.106. The molecule has 0 saturated heterocycles. The van der Waals surface area contributed by atoms with Crippen LogP contribution in [0.25, 0.3) is 0 Å². The number of aliphatic hydroxyl groups is 1. The van der Waals surface area contributed by atoms with E-state index in [1.807, 2.05) is 0 Å². The molecule has 0 aliphatic rings. The van der Waals surface area contributed by atoms with Gasteiger partial charge >= 0.3 is 39.5 Å². The maximum atomic E-state index is 13.0. The number of carbonyl (C=O) groups excluding carboxylic acids is 4. The predicted octanol–water partition coefficient (Wildman–Crippen LogP) is 19.0. The molecule has 0 aliphatic carbocycles. The predicted molar refractivity (Wildman–Crippen MR) is 345 cm³/mol.